The van der Waals surface area contributed by atoms with Crippen molar-refractivity contribution in [3.05, 3.63) is 23.8 Å². The van der Waals surface area contributed by atoms with Crippen molar-refractivity contribution in [1.29, 1.82) is 0 Å². The van der Waals surface area contributed by atoms with Gasteiger partial charge in [0.25, 0.3) is 0 Å². The van der Waals surface area contributed by atoms with E-state index in [0.29, 0.717) is 5.41 Å². The summed E-state index contributed by atoms with van der Waals surface area (Å²) in [6.45, 7) is 11.3. The molecule has 1 aliphatic rings. The molecule has 1 unspecified atom stereocenters. The number of methoxy groups -OCH3 is 1. The number of nitrogens with zero attached hydrogens (tertiary/aromatic N) is 1. The third-order valence-electron chi connectivity index (χ3n) is 4.78. The van der Waals surface area contributed by atoms with E-state index in [4.69, 9.17) is 10.5 Å². The van der Waals surface area contributed by atoms with Crippen LogP contribution in [0.3, 0.4) is 0 Å². The zero-order valence-corrected chi connectivity index (χ0v) is 14.1. The van der Waals surface area contributed by atoms with Crippen molar-refractivity contribution in [1.82, 2.24) is 0 Å². The van der Waals surface area contributed by atoms with E-state index in [1.54, 1.807) is 7.11 Å². The second-order valence-corrected chi connectivity index (χ2v) is 7.31. The quantitative estimate of drug-likeness (QED) is 0.915. The van der Waals surface area contributed by atoms with Crippen molar-refractivity contribution in [3.63, 3.8) is 0 Å². The standard InChI is InChI=1S/C18H30N2O/c1-13(19)17-15(7-6-8-16(17)21-5)20-11-9-14(10-12-20)18(2,3)4/h6-8,13-14H,9-12,19H2,1-5H3. The number of piperidine rings is 1. The number of nitrogens with two attached hydrogens (primary N) is 1. The van der Waals surface area contributed by atoms with E-state index in [-0.39, 0.29) is 6.04 Å². The Hall–Kier alpha value is -1.22. The maximum atomic E-state index is 6.19. The van der Waals surface area contributed by atoms with Gasteiger partial charge in [0.05, 0.1) is 7.11 Å². The summed E-state index contributed by atoms with van der Waals surface area (Å²) >= 11 is 0. The van der Waals surface area contributed by atoms with Crippen LogP contribution in [0.25, 0.3) is 0 Å². The van der Waals surface area contributed by atoms with Crippen molar-refractivity contribution in [2.45, 2.75) is 46.6 Å². The summed E-state index contributed by atoms with van der Waals surface area (Å²) in [6, 6.07) is 6.23. The minimum absolute atomic E-state index is 0.0171. The van der Waals surface area contributed by atoms with Gasteiger partial charge in [-0.05, 0) is 43.2 Å². The number of hydrogen-bond donors (Lipinski definition) is 1. The normalized spacial score (nSPS) is 18.7. The van der Waals surface area contributed by atoms with Crippen LogP contribution < -0.4 is 15.4 Å². The van der Waals surface area contributed by atoms with E-state index in [1.807, 2.05) is 13.0 Å². The van der Waals surface area contributed by atoms with Crippen molar-refractivity contribution in [2.75, 3.05) is 25.1 Å². The summed E-state index contributed by atoms with van der Waals surface area (Å²) in [5, 5.41) is 0. The topological polar surface area (TPSA) is 38.5 Å². The molecule has 3 nitrogen and oxygen atoms in total. The lowest BCUT2D eigenvalue weighted by molar-refractivity contribution is 0.199. The molecule has 118 valence electrons. The van der Waals surface area contributed by atoms with Crippen LogP contribution in [-0.4, -0.2) is 20.2 Å². The Kier molecular flexibility index (Phi) is 4.82. The van der Waals surface area contributed by atoms with Gasteiger partial charge >= 0.3 is 0 Å². The maximum Gasteiger partial charge on any atom is 0.125 e. The van der Waals surface area contributed by atoms with Gasteiger partial charge in [-0.2, -0.15) is 0 Å². The van der Waals surface area contributed by atoms with Crippen LogP contribution in [0.1, 0.15) is 52.1 Å². The Morgan fingerprint density at radius 3 is 2.33 bits per heavy atom. The van der Waals surface area contributed by atoms with E-state index in [1.165, 1.54) is 18.5 Å². The Morgan fingerprint density at radius 1 is 1.24 bits per heavy atom. The van der Waals surface area contributed by atoms with Gasteiger partial charge in [0.15, 0.2) is 0 Å². The van der Waals surface area contributed by atoms with Crippen LogP contribution in [0.15, 0.2) is 18.2 Å². The Balaban J connectivity index is 2.21. The Bertz CT molecular complexity index is 469. The molecule has 1 atom stereocenters. The van der Waals surface area contributed by atoms with Crippen LogP contribution in [0.5, 0.6) is 5.75 Å². The molecule has 2 N–H and O–H groups in total. The van der Waals surface area contributed by atoms with Gasteiger partial charge < -0.3 is 15.4 Å². The molecule has 0 aromatic heterocycles. The smallest absolute Gasteiger partial charge is 0.125 e. The third kappa shape index (κ3) is 3.52. The van der Waals surface area contributed by atoms with Crippen LogP contribution in [0, 0.1) is 11.3 Å². The van der Waals surface area contributed by atoms with Crippen LogP contribution >= 0.6 is 0 Å². The summed E-state index contributed by atoms with van der Waals surface area (Å²) in [5.41, 5.74) is 8.98. The van der Waals surface area contributed by atoms with Gasteiger partial charge in [-0.15, -0.1) is 0 Å². The van der Waals surface area contributed by atoms with Gasteiger partial charge in [-0.1, -0.05) is 26.8 Å². The minimum atomic E-state index is -0.0171. The van der Waals surface area contributed by atoms with Gasteiger partial charge in [0, 0.05) is 30.4 Å². The summed E-state index contributed by atoms with van der Waals surface area (Å²) in [5.74, 6) is 1.71. The Morgan fingerprint density at radius 2 is 1.86 bits per heavy atom. The van der Waals surface area contributed by atoms with Gasteiger partial charge in [0.2, 0.25) is 0 Å². The highest BCUT2D eigenvalue weighted by molar-refractivity contribution is 5.61. The van der Waals surface area contributed by atoms with E-state index < -0.39 is 0 Å². The fourth-order valence-electron chi connectivity index (χ4n) is 3.43. The zero-order chi connectivity index (χ0) is 15.6. The summed E-state index contributed by atoms with van der Waals surface area (Å²) < 4.78 is 5.51. The highest BCUT2D eigenvalue weighted by Gasteiger charge is 2.30. The first-order valence-electron chi connectivity index (χ1n) is 8.02. The molecule has 0 radical (unpaired) electrons. The molecule has 1 aliphatic heterocycles. The van der Waals surface area contributed by atoms with Crippen molar-refractivity contribution in [3.8, 4) is 5.75 Å². The van der Waals surface area contributed by atoms with Gasteiger partial charge in [0.1, 0.15) is 5.75 Å². The molecular weight excluding hydrogens is 260 g/mol. The predicted octanol–water partition coefficient (Wildman–Crippen LogP) is 3.98. The molecular formula is C18H30N2O. The van der Waals surface area contributed by atoms with Gasteiger partial charge in [-0.3, -0.25) is 0 Å². The summed E-state index contributed by atoms with van der Waals surface area (Å²) in [6.07, 6.45) is 2.50. The first kappa shape index (κ1) is 16.2. The summed E-state index contributed by atoms with van der Waals surface area (Å²) in [4.78, 5) is 2.48. The highest BCUT2D eigenvalue weighted by atomic mass is 16.5. The average molecular weight is 290 g/mol. The minimum Gasteiger partial charge on any atom is -0.496 e. The van der Waals surface area contributed by atoms with Crippen LogP contribution in [0.4, 0.5) is 5.69 Å². The molecule has 0 amide bonds. The summed E-state index contributed by atoms with van der Waals surface area (Å²) in [7, 11) is 1.72. The molecule has 0 bridgehead atoms. The maximum absolute atomic E-state index is 6.19. The zero-order valence-electron chi connectivity index (χ0n) is 14.1. The predicted molar refractivity (Wildman–Crippen MR) is 90.0 cm³/mol. The molecule has 1 aromatic carbocycles. The first-order valence-corrected chi connectivity index (χ1v) is 8.02. The molecule has 21 heavy (non-hydrogen) atoms. The molecule has 0 spiro atoms. The van der Waals surface area contributed by atoms with Crippen molar-refractivity contribution >= 4 is 5.69 Å². The molecule has 1 saturated heterocycles. The fraction of sp³-hybridized carbons (Fsp3) is 0.667. The molecule has 1 aromatic rings. The van der Waals surface area contributed by atoms with E-state index >= 15 is 0 Å². The number of anilines is 1. The van der Waals surface area contributed by atoms with E-state index in [2.05, 4.69) is 37.8 Å². The number of benzene rings is 1. The number of ether oxygens (including phenoxy) is 1. The second-order valence-electron chi connectivity index (χ2n) is 7.31. The lowest BCUT2D eigenvalue weighted by Crippen LogP contribution is -2.38. The molecule has 0 saturated carbocycles. The molecule has 2 rings (SSSR count). The average Bonchev–Trinajstić information content (AvgIpc) is 2.45. The largest absolute Gasteiger partial charge is 0.496 e. The first-order chi connectivity index (χ1) is 9.84. The van der Waals surface area contributed by atoms with Crippen LogP contribution in [-0.2, 0) is 0 Å². The van der Waals surface area contributed by atoms with E-state index in [9.17, 15) is 0 Å². The molecule has 1 heterocycles. The Labute approximate surface area is 129 Å². The van der Waals surface area contributed by atoms with E-state index in [0.717, 1.165) is 30.3 Å². The third-order valence-corrected chi connectivity index (χ3v) is 4.78. The number of hydrogen-bond acceptors (Lipinski definition) is 3. The van der Waals surface area contributed by atoms with Crippen molar-refractivity contribution < 1.29 is 4.74 Å². The monoisotopic (exact) mass is 290 g/mol. The lowest BCUT2D eigenvalue weighted by Gasteiger charge is -2.40. The van der Waals surface area contributed by atoms with Crippen molar-refractivity contribution in [2.24, 2.45) is 17.1 Å². The molecule has 1 fully saturated rings. The second kappa shape index (κ2) is 6.27. The fourth-order valence-corrected chi connectivity index (χ4v) is 3.43. The number of rotatable bonds is 3. The highest BCUT2D eigenvalue weighted by Crippen LogP contribution is 2.39. The molecule has 0 aliphatic carbocycles. The lowest BCUT2D eigenvalue weighted by atomic mass is 9.75. The van der Waals surface area contributed by atoms with Gasteiger partial charge in [-0.25, -0.2) is 0 Å². The molecule has 3 heteroatoms. The van der Waals surface area contributed by atoms with Crippen LogP contribution in [0.2, 0.25) is 0 Å². The SMILES string of the molecule is COc1cccc(N2CCC(C(C)(C)C)CC2)c1C(C)N.